The smallest absolute Gasteiger partial charge is 0.240 e. The molecule has 3 rings (SSSR count). The Bertz CT molecular complexity index is 1190. The number of rotatable bonds is 7. The van der Waals surface area contributed by atoms with Crippen molar-refractivity contribution in [2.24, 2.45) is 5.10 Å². The number of furan rings is 1. The molecule has 0 aliphatic carbocycles. The van der Waals surface area contributed by atoms with Crippen LogP contribution in [0.25, 0.3) is 0 Å². The number of hydrogen-bond acceptors (Lipinski definition) is 5. The monoisotopic (exact) mass is 456 g/mol. The summed E-state index contributed by atoms with van der Waals surface area (Å²) < 4.78 is 32.5. The third-order valence-electron chi connectivity index (χ3n) is 4.55. The Hall–Kier alpha value is -3.01. The highest BCUT2D eigenvalue weighted by atomic mass is 32.2. The molecule has 0 saturated carbocycles. The van der Waals surface area contributed by atoms with Crippen LogP contribution in [0.3, 0.4) is 0 Å². The molecule has 0 aliphatic heterocycles. The van der Waals surface area contributed by atoms with E-state index in [2.05, 4.69) is 26.6 Å². The van der Waals surface area contributed by atoms with Crippen LogP contribution >= 0.6 is 12.2 Å². The molecule has 0 aliphatic rings. The molecule has 162 valence electrons. The summed E-state index contributed by atoms with van der Waals surface area (Å²) in [7, 11) is -3.64. The van der Waals surface area contributed by atoms with Gasteiger partial charge in [-0.1, -0.05) is 29.8 Å². The minimum Gasteiger partial charge on any atom is -0.468 e. The SMILES string of the molecule is CC(=NNC(=S)Nc1ccc(C)cc1C)c1ccc(S(=O)(=O)NCc2ccco2)cc1. The van der Waals surface area contributed by atoms with Crippen molar-refractivity contribution in [1.82, 2.24) is 10.1 Å². The fourth-order valence-electron chi connectivity index (χ4n) is 2.84. The van der Waals surface area contributed by atoms with Crippen LogP contribution in [-0.2, 0) is 16.6 Å². The van der Waals surface area contributed by atoms with Crippen LogP contribution in [0.5, 0.6) is 0 Å². The minimum atomic E-state index is -3.64. The van der Waals surface area contributed by atoms with Gasteiger partial charge in [-0.25, -0.2) is 13.1 Å². The molecule has 0 spiro atoms. The molecule has 0 unspecified atom stereocenters. The molecule has 3 N–H and O–H groups in total. The van der Waals surface area contributed by atoms with Crippen LogP contribution in [0.2, 0.25) is 0 Å². The standard InChI is InChI=1S/C22H24N4O3S2/c1-15-6-11-21(16(2)13-15)24-22(30)26-25-17(3)18-7-9-20(10-8-18)31(27,28)23-14-19-5-4-12-29-19/h4-13,23H,14H2,1-3H3,(H2,24,26,30). The molecule has 0 bridgehead atoms. The number of hydrazone groups is 1. The van der Waals surface area contributed by atoms with E-state index in [-0.39, 0.29) is 11.4 Å². The fraction of sp³-hybridized carbons (Fsp3) is 0.182. The highest BCUT2D eigenvalue weighted by molar-refractivity contribution is 7.89. The van der Waals surface area contributed by atoms with Crippen molar-refractivity contribution in [1.29, 1.82) is 0 Å². The van der Waals surface area contributed by atoms with Crippen LogP contribution in [-0.4, -0.2) is 19.2 Å². The van der Waals surface area contributed by atoms with Crippen LogP contribution in [0, 0.1) is 13.8 Å². The van der Waals surface area contributed by atoms with Crippen molar-refractivity contribution in [3.8, 4) is 0 Å². The van der Waals surface area contributed by atoms with E-state index in [4.69, 9.17) is 16.6 Å². The molecule has 9 heteroatoms. The van der Waals surface area contributed by atoms with Gasteiger partial charge in [0.15, 0.2) is 5.11 Å². The molecule has 0 saturated heterocycles. The van der Waals surface area contributed by atoms with Crippen LogP contribution < -0.4 is 15.5 Å². The van der Waals surface area contributed by atoms with Crippen molar-refractivity contribution >= 4 is 38.8 Å². The Morgan fingerprint density at radius 3 is 2.48 bits per heavy atom. The maximum Gasteiger partial charge on any atom is 0.240 e. The first-order valence-electron chi connectivity index (χ1n) is 9.55. The Morgan fingerprint density at radius 1 is 1.10 bits per heavy atom. The van der Waals surface area contributed by atoms with Crippen LogP contribution in [0.4, 0.5) is 5.69 Å². The highest BCUT2D eigenvalue weighted by Gasteiger charge is 2.14. The molecule has 1 aromatic heterocycles. The van der Waals surface area contributed by atoms with Crippen molar-refractivity contribution in [3.05, 3.63) is 83.3 Å². The normalized spacial score (nSPS) is 11.9. The maximum atomic E-state index is 12.4. The lowest BCUT2D eigenvalue weighted by molar-refractivity contribution is 0.498. The lowest BCUT2D eigenvalue weighted by atomic mass is 10.1. The molecule has 2 aromatic carbocycles. The summed E-state index contributed by atoms with van der Waals surface area (Å²) >= 11 is 5.30. The van der Waals surface area contributed by atoms with E-state index in [1.54, 1.807) is 24.3 Å². The van der Waals surface area contributed by atoms with E-state index in [9.17, 15) is 8.42 Å². The number of sulfonamides is 1. The summed E-state index contributed by atoms with van der Waals surface area (Å²) in [4.78, 5) is 0.163. The zero-order chi connectivity index (χ0) is 22.4. The highest BCUT2D eigenvalue weighted by Crippen LogP contribution is 2.16. The van der Waals surface area contributed by atoms with Gasteiger partial charge in [0, 0.05) is 5.69 Å². The van der Waals surface area contributed by atoms with Gasteiger partial charge in [0.25, 0.3) is 0 Å². The third kappa shape index (κ3) is 6.24. The second-order valence-electron chi connectivity index (χ2n) is 7.01. The molecule has 31 heavy (non-hydrogen) atoms. The van der Waals surface area contributed by atoms with Crippen LogP contribution in [0.15, 0.2) is 75.3 Å². The van der Waals surface area contributed by atoms with Gasteiger partial charge in [-0.3, -0.25) is 5.43 Å². The largest absolute Gasteiger partial charge is 0.468 e. The van der Waals surface area contributed by atoms with Crippen molar-refractivity contribution < 1.29 is 12.8 Å². The molecular formula is C22H24N4O3S2. The van der Waals surface area contributed by atoms with Crippen molar-refractivity contribution in [2.75, 3.05) is 5.32 Å². The lowest BCUT2D eigenvalue weighted by Gasteiger charge is -2.11. The van der Waals surface area contributed by atoms with Crippen molar-refractivity contribution in [2.45, 2.75) is 32.2 Å². The fourth-order valence-corrected chi connectivity index (χ4v) is 3.99. The van der Waals surface area contributed by atoms with Gasteiger partial charge in [0.05, 0.1) is 23.4 Å². The van der Waals surface area contributed by atoms with Gasteiger partial charge < -0.3 is 9.73 Å². The molecule has 7 nitrogen and oxygen atoms in total. The Kier molecular flexibility index (Phi) is 7.21. The number of nitrogens with one attached hydrogen (secondary N) is 3. The second kappa shape index (κ2) is 9.86. The van der Waals surface area contributed by atoms with E-state index in [0.29, 0.717) is 16.6 Å². The second-order valence-corrected chi connectivity index (χ2v) is 9.19. The van der Waals surface area contributed by atoms with Gasteiger partial charge in [-0.2, -0.15) is 5.10 Å². The first-order chi connectivity index (χ1) is 14.7. The first kappa shape index (κ1) is 22.7. The molecule has 3 aromatic rings. The van der Waals surface area contributed by atoms with E-state index >= 15 is 0 Å². The summed E-state index contributed by atoms with van der Waals surface area (Å²) in [5.74, 6) is 0.541. The zero-order valence-electron chi connectivity index (χ0n) is 17.5. The number of anilines is 1. The van der Waals surface area contributed by atoms with Gasteiger partial charge in [-0.05, 0) is 74.4 Å². The molecule has 0 radical (unpaired) electrons. The lowest BCUT2D eigenvalue weighted by Crippen LogP contribution is -2.25. The van der Waals surface area contributed by atoms with E-state index < -0.39 is 10.0 Å². The van der Waals surface area contributed by atoms with Gasteiger partial charge in [-0.15, -0.1) is 0 Å². The molecule has 0 amide bonds. The predicted molar refractivity (Wildman–Crippen MR) is 127 cm³/mol. The number of aryl methyl sites for hydroxylation is 2. The maximum absolute atomic E-state index is 12.4. The summed E-state index contributed by atoms with van der Waals surface area (Å²) in [5, 5.41) is 7.77. The Balaban J connectivity index is 1.60. The topological polar surface area (TPSA) is 95.7 Å². The van der Waals surface area contributed by atoms with Gasteiger partial charge >= 0.3 is 0 Å². The number of hydrogen-bond donors (Lipinski definition) is 3. The molecule has 1 heterocycles. The predicted octanol–water partition coefficient (Wildman–Crippen LogP) is 4.09. The van der Waals surface area contributed by atoms with Gasteiger partial charge in [0.1, 0.15) is 5.76 Å². The molecule has 0 atom stereocenters. The summed E-state index contributed by atoms with van der Waals surface area (Å²) in [6.07, 6.45) is 1.50. The number of benzene rings is 2. The van der Waals surface area contributed by atoms with Crippen molar-refractivity contribution in [3.63, 3.8) is 0 Å². The number of thiocarbonyl (C=S) groups is 1. The van der Waals surface area contributed by atoms with E-state index in [0.717, 1.165) is 16.8 Å². The Labute approximate surface area is 187 Å². The Morgan fingerprint density at radius 2 is 1.84 bits per heavy atom. The quantitative estimate of drug-likeness (QED) is 0.282. The summed E-state index contributed by atoms with van der Waals surface area (Å²) in [6.45, 7) is 5.94. The third-order valence-corrected chi connectivity index (χ3v) is 6.16. The number of nitrogens with zero attached hydrogens (tertiary/aromatic N) is 1. The molecule has 0 fully saturated rings. The van der Waals surface area contributed by atoms with Crippen LogP contribution in [0.1, 0.15) is 29.4 Å². The average molecular weight is 457 g/mol. The first-order valence-corrected chi connectivity index (χ1v) is 11.4. The average Bonchev–Trinajstić information content (AvgIpc) is 3.26. The zero-order valence-corrected chi connectivity index (χ0v) is 19.1. The minimum absolute atomic E-state index is 0.0897. The van der Waals surface area contributed by atoms with Gasteiger partial charge in [0.2, 0.25) is 10.0 Å². The molecular weight excluding hydrogens is 432 g/mol. The van der Waals surface area contributed by atoms with E-state index in [1.165, 1.54) is 24.0 Å². The van der Waals surface area contributed by atoms with E-state index in [1.807, 2.05) is 32.9 Å². The summed E-state index contributed by atoms with van der Waals surface area (Å²) in [6, 6.07) is 15.9. The summed E-state index contributed by atoms with van der Waals surface area (Å²) in [5.41, 5.74) is 7.43.